The molecule has 0 amide bonds. The van der Waals surface area contributed by atoms with Crippen LogP contribution in [0.15, 0.2) is 6.20 Å². The minimum Gasteiger partial charge on any atom is -0.299 e. The fourth-order valence-electron chi connectivity index (χ4n) is 1.01. The lowest BCUT2D eigenvalue weighted by atomic mass is 10.2. The summed E-state index contributed by atoms with van der Waals surface area (Å²) >= 11 is 0. The van der Waals surface area contributed by atoms with Crippen molar-refractivity contribution in [2.75, 3.05) is 13.1 Å². The molecule has 0 aliphatic carbocycles. The third-order valence-corrected chi connectivity index (χ3v) is 1.58. The van der Waals surface area contributed by atoms with Gasteiger partial charge in [0.15, 0.2) is 5.78 Å². The summed E-state index contributed by atoms with van der Waals surface area (Å²) in [6.07, 6.45) is 7.04. The Morgan fingerprint density at radius 2 is 2.57 bits per heavy atom. The highest BCUT2D eigenvalue weighted by Gasteiger charge is 2.05. The number of rotatable bonds is 5. The highest BCUT2D eigenvalue weighted by atomic mass is 16.1. The molecule has 0 saturated heterocycles. The molecule has 0 unspecified atom stereocenters. The summed E-state index contributed by atoms with van der Waals surface area (Å²) in [6, 6.07) is 0. The number of hydrogen-bond acceptors (Lipinski definition) is 4. The number of terminal acetylenes is 1. The van der Waals surface area contributed by atoms with Crippen molar-refractivity contribution >= 4 is 5.78 Å². The van der Waals surface area contributed by atoms with Crippen LogP contribution in [0.2, 0.25) is 0 Å². The second-order valence-corrected chi connectivity index (χ2v) is 2.91. The first kappa shape index (κ1) is 10.4. The SMILES string of the molecule is C#CCNCC(=O)Cc1cn(C)nn1. The number of Topliss-reactive ketones (excluding diaryl/α,β-unsaturated/α-hetero) is 1. The van der Waals surface area contributed by atoms with E-state index in [-0.39, 0.29) is 12.3 Å². The van der Waals surface area contributed by atoms with E-state index in [1.807, 2.05) is 0 Å². The Hall–Kier alpha value is -1.67. The van der Waals surface area contributed by atoms with Gasteiger partial charge in [0.25, 0.3) is 0 Å². The molecular weight excluding hydrogens is 180 g/mol. The molecule has 14 heavy (non-hydrogen) atoms. The third-order valence-electron chi connectivity index (χ3n) is 1.58. The zero-order valence-corrected chi connectivity index (χ0v) is 8.03. The van der Waals surface area contributed by atoms with E-state index in [1.54, 1.807) is 17.9 Å². The standard InChI is InChI=1S/C9H12N4O/c1-3-4-10-6-9(14)5-8-7-13(2)12-11-8/h1,7,10H,4-6H2,2H3. The number of aryl methyl sites for hydroxylation is 1. The van der Waals surface area contributed by atoms with Gasteiger partial charge in [0.2, 0.25) is 0 Å². The van der Waals surface area contributed by atoms with Crippen molar-refractivity contribution in [2.24, 2.45) is 7.05 Å². The van der Waals surface area contributed by atoms with Crippen molar-refractivity contribution in [3.63, 3.8) is 0 Å². The quantitative estimate of drug-likeness (QED) is 0.487. The van der Waals surface area contributed by atoms with Crippen molar-refractivity contribution in [1.82, 2.24) is 20.3 Å². The van der Waals surface area contributed by atoms with E-state index < -0.39 is 0 Å². The van der Waals surface area contributed by atoms with E-state index >= 15 is 0 Å². The highest BCUT2D eigenvalue weighted by Crippen LogP contribution is 1.93. The summed E-state index contributed by atoms with van der Waals surface area (Å²) in [5.74, 6) is 2.45. The van der Waals surface area contributed by atoms with Crippen LogP contribution in [0, 0.1) is 12.3 Å². The molecule has 0 aliphatic heterocycles. The van der Waals surface area contributed by atoms with E-state index in [1.165, 1.54) is 0 Å². The number of ketones is 1. The first-order valence-corrected chi connectivity index (χ1v) is 4.23. The van der Waals surface area contributed by atoms with E-state index in [0.717, 1.165) is 0 Å². The number of carbonyl (C=O) groups excluding carboxylic acids is 1. The average Bonchev–Trinajstić information content (AvgIpc) is 2.52. The van der Waals surface area contributed by atoms with Gasteiger partial charge in [-0.1, -0.05) is 11.1 Å². The van der Waals surface area contributed by atoms with Crippen LogP contribution in [0.3, 0.4) is 0 Å². The molecule has 0 aromatic carbocycles. The van der Waals surface area contributed by atoms with Gasteiger partial charge in [-0.05, 0) is 0 Å². The Kier molecular flexibility index (Phi) is 3.83. The third kappa shape index (κ3) is 3.37. The fraction of sp³-hybridized carbons (Fsp3) is 0.444. The number of nitrogens with zero attached hydrogens (tertiary/aromatic N) is 3. The van der Waals surface area contributed by atoms with Crippen LogP contribution in [-0.4, -0.2) is 33.9 Å². The lowest BCUT2D eigenvalue weighted by Gasteiger charge is -1.97. The topological polar surface area (TPSA) is 59.8 Å². The van der Waals surface area contributed by atoms with E-state index in [4.69, 9.17) is 6.42 Å². The van der Waals surface area contributed by atoms with E-state index in [2.05, 4.69) is 21.5 Å². The molecular formula is C9H12N4O. The van der Waals surface area contributed by atoms with Crippen LogP contribution >= 0.6 is 0 Å². The predicted molar refractivity (Wildman–Crippen MR) is 51.4 cm³/mol. The summed E-state index contributed by atoms with van der Waals surface area (Å²) in [5, 5.41) is 10.4. The fourth-order valence-corrected chi connectivity index (χ4v) is 1.01. The van der Waals surface area contributed by atoms with Gasteiger partial charge in [-0.25, -0.2) is 0 Å². The van der Waals surface area contributed by atoms with Gasteiger partial charge in [0.1, 0.15) is 0 Å². The van der Waals surface area contributed by atoms with Crippen molar-refractivity contribution in [1.29, 1.82) is 0 Å². The highest BCUT2D eigenvalue weighted by molar-refractivity contribution is 5.82. The molecule has 0 radical (unpaired) electrons. The molecule has 5 heteroatoms. The number of hydrogen-bond donors (Lipinski definition) is 1. The molecule has 1 aromatic rings. The minimum atomic E-state index is 0.0563. The summed E-state index contributed by atoms with van der Waals surface area (Å²) in [7, 11) is 1.76. The maximum Gasteiger partial charge on any atom is 0.152 e. The van der Waals surface area contributed by atoms with Gasteiger partial charge in [0, 0.05) is 13.2 Å². The summed E-state index contributed by atoms with van der Waals surface area (Å²) < 4.78 is 1.57. The normalized spacial score (nSPS) is 9.71. The monoisotopic (exact) mass is 192 g/mol. The maximum atomic E-state index is 11.3. The Balaban J connectivity index is 2.31. The molecule has 74 valence electrons. The molecule has 0 bridgehead atoms. The van der Waals surface area contributed by atoms with Crippen molar-refractivity contribution in [3.05, 3.63) is 11.9 Å². The van der Waals surface area contributed by atoms with E-state index in [9.17, 15) is 4.79 Å². The lowest BCUT2D eigenvalue weighted by Crippen LogP contribution is -2.24. The van der Waals surface area contributed by atoms with Gasteiger partial charge < -0.3 is 0 Å². The zero-order valence-electron chi connectivity index (χ0n) is 8.03. The summed E-state index contributed by atoms with van der Waals surface area (Å²) in [5.41, 5.74) is 0.681. The molecule has 0 saturated carbocycles. The van der Waals surface area contributed by atoms with Crippen LogP contribution < -0.4 is 5.32 Å². The molecule has 1 rings (SSSR count). The van der Waals surface area contributed by atoms with Gasteiger partial charge >= 0.3 is 0 Å². The van der Waals surface area contributed by atoms with Crippen LogP contribution in [0.5, 0.6) is 0 Å². The Morgan fingerprint density at radius 1 is 1.79 bits per heavy atom. The Bertz CT molecular complexity index is 350. The minimum absolute atomic E-state index is 0.0563. The van der Waals surface area contributed by atoms with Crippen molar-refractivity contribution in [3.8, 4) is 12.3 Å². The number of aromatic nitrogens is 3. The van der Waals surface area contributed by atoms with Gasteiger partial charge in [-0.15, -0.1) is 11.5 Å². The van der Waals surface area contributed by atoms with Gasteiger partial charge in [-0.2, -0.15) is 0 Å². The molecule has 5 nitrogen and oxygen atoms in total. The zero-order chi connectivity index (χ0) is 10.4. The molecule has 0 fully saturated rings. The maximum absolute atomic E-state index is 11.3. The second-order valence-electron chi connectivity index (χ2n) is 2.91. The molecule has 1 N–H and O–H groups in total. The number of nitrogens with one attached hydrogen (secondary N) is 1. The van der Waals surface area contributed by atoms with Crippen LogP contribution in [0.25, 0.3) is 0 Å². The van der Waals surface area contributed by atoms with Crippen LogP contribution in [0.4, 0.5) is 0 Å². The largest absolute Gasteiger partial charge is 0.299 e. The Morgan fingerprint density at radius 3 is 3.14 bits per heavy atom. The average molecular weight is 192 g/mol. The first-order chi connectivity index (χ1) is 6.72. The predicted octanol–water partition coefficient (Wildman–Crippen LogP) is -0.851. The van der Waals surface area contributed by atoms with Crippen LogP contribution in [-0.2, 0) is 18.3 Å². The van der Waals surface area contributed by atoms with Gasteiger partial charge in [-0.3, -0.25) is 14.8 Å². The summed E-state index contributed by atoms with van der Waals surface area (Å²) in [6.45, 7) is 0.687. The smallest absolute Gasteiger partial charge is 0.152 e. The Labute approximate surface area is 82.5 Å². The number of carbonyl (C=O) groups is 1. The van der Waals surface area contributed by atoms with Crippen molar-refractivity contribution < 1.29 is 4.79 Å². The molecule has 0 spiro atoms. The lowest BCUT2D eigenvalue weighted by molar-refractivity contribution is -0.117. The summed E-state index contributed by atoms with van der Waals surface area (Å²) in [4.78, 5) is 11.3. The molecule has 1 heterocycles. The van der Waals surface area contributed by atoms with E-state index in [0.29, 0.717) is 18.7 Å². The second kappa shape index (κ2) is 5.14. The molecule has 1 aromatic heterocycles. The molecule has 0 atom stereocenters. The molecule has 0 aliphatic rings. The first-order valence-electron chi connectivity index (χ1n) is 4.23. The van der Waals surface area contributed by atoms with Crippen molar-refractivity contribution in [2.45, 2.75) is 6.42 Å². The van der Waals surface area contributed by atoms with Crippen LogP contribution in [0.1, 0.15) is 5.69 Å². The van der Waals surface area contributed by atoms with Gasteiger partial charge in [0.05, 0.1) is 25.2 Å².